The van der Waals surface area contributed by atoms with Gasteiger partial charge in [-0.2, -0.15) is 0 Å². The fraction of sp³-hybridized carbons (Fsp3) is 0.333. The van der Waals surface area contributed by atoms with Gasteiger partial charge in [0, 0.05) is 18.8 Å². The first kappa shape index (κ1) is 20.2. The van der Waals surface area contributed by atoms with E-state index < -0.39 is 4.92 Å². The van der Waals surface area contributed by atoms with E-state index in [1.165, 1.54) is 11.8 Å². The van der Waals surface area contributed by atoms with Crippen LogP contribution >= 0.6 is 46.6 Å². The molecule has 1 rings (SSSR count). The number of halogens is 3. The van der Waals surface area contributed by atoms with Crippen molar-refractivity contribution < 1.29 is 4.92 Å². The van der Waals surface area contributed by atoms with Gasteiger partial charge in [0.05, 0.1) is 4.92 Å². The maximum absolute atomic E-state index is 11.5. The average molecular weight is 396 g/mol. The number of hydrogen-bond donors (Lipinski definition) is 0. The standard InChI is InChI=1S/C15H17Cl3N2O2S/c1-3-19(4-2)15(13(20(21)22)12(16)14(17)18)23-10-11-8-6-5-7-9-11/h5-9H,3-4,10H2,1-2H3/b15-13-. The highest BCUT2D eigenvalue weighted by molar-refractivity contribution is 8.02. The van der Waals surface area contributed by atoms with Crippen LogP contribution in [0.2, 0.25) is 0 Å². The molecule has 0 saturated carbocycles. The maximum atomic E-state index is 11.5. The highest BCUT2D eigenvalue weighted by atomic mass is 35.5. The van der Waals surface area contributed by atoms with Crippen LogP contribution < -0.4 is 0 Å². The lowest BCUT2D eigenvalue weighted by Crippen LogP contribution is -2.24. The summed E-state index contributed by atoms with van der Waals surface area (Å²) >= 11 is 18.7. The van der Waals surface area contributed by atoms with Crippen molar-refractivity contribution in [1.29, 1.82) is 0 Å². The fourth-order valence-corrected chi connectivity index (χ4v) is 3.53. The molecular weight excluding hydrogens is 379 g/mol. The van der Waals surface area contributed by atoms with Gasteiger partial charge in [0.25, 0.3) is 0 Å². The lowest BCUT2D eigenvalue weighted by Gasteiger charge is -2.23. The van der Waals surface area contributed by atoms with Gasteiger partial charge in [-0.15, -0.1) is 0 Å². The molecular formula is C15H17Cl3N2O2S. The van der Waals surface area contributed by atoms with E-state index in [2.05, 4.69) is 0 Å². The zero-order chi connectivity index (χ0) is 17.4. The molecule has 0 unspecified atom stereocenters. The number of nitro groups is 1. The molecule has 1 aromatic carbocycles. The predicted molar refractivity (Wildman–Crippen MR) is 99.3 cm³/mol. The number of rotatable bonds is 8. The van der Waals surface area contributed by atoms with E-state index in [-0.39, 0.29) is 15.2 Å². The third-order valence-electron chi connectivity index (χ3n) is 3.03. The Kier molecular flexibility index (Phi) is 8.84. The molecule has 23 heavy (non-hydrogen) atoms. The molecule has 4 nitrogen and oxygen atoms in total. The second kappa shape index (κ2) is 10.1. The maximum Gasteiger partial charge on any atom is 0.319 e. The van der Waals surface area contributed by atoms with Crippen LogP contribution in [-0.2, 0) is 5.75 Å². The molecule has 0 aromatic heterocycles. The number of allylic oxidation sites excluding steroid dienone is 1. The summed E-state index contributed by atoms with van der Waals surface area (Å²) in [4.78, 5) is 12.8. The van der Waals surface area contributed by atoms with Crippen molar-refractivity contribution in [3.63, 3.8) is 0 Å². The summed E-state index contributed by atoms with van der Waals surface area (Å²) in [5.41, 5.74) is 0.790. The van der Waals surface area contributed by atoms with E-state index in [4.69, 9.17) is 34.8 Å². The van der Waals surface area contributed by atoms with E-state index in [0.29, 0.717) is 23.9 Å². The van der Waals surface area contributed by atoms with E-state index in [1.807, 2.05) is 49.1 Å². The van der Waals surface area contributed by atoms with Crippen molar-refractivity contribution in [3.8, 4) is 0 Å². The zero-order valence-electron chi connectivity index (χ0n) is 12.8. The van der Waals surface area contributed by atoms with Crippen molar-refractivity contribution in [2.45, 2.75) is 19.6 Å². The topological polar surface area (TPSA) is 46.4 Å². The van der Waals surface area contributed by atoms with E-state index in [0.717, 1.165) is 5.56 Å². The first-order valence-corrected chi connectivity index (χ1v) is 9.05. The van der Waals surface area contributed by atoms with Gasteiger partial charge in [0.15, 0.2) is 10.1 Å². The zero-order valence-corrected chi connectivity index (χ0v) is 15.8. The fourth-order valence-electron chi connectivity index (χ4n) is 1.89. The van der Waals surface area contributed by atoms with Crippen LogP contribution in [-0.4, -0.2) is 22.9 Å². The van der Waals surface area contributed by atoms with Crippen LogP contribution in [0.5, 0.6) is 0 Å². The Balaban J connectivity index is 3.28. The van der Waals surface area contributed by atoms with E-state index >= 15 is 0 Å². The molecule has 1 aromatic rings. The van der Waals surface area contributed by atoms with Crippen molar-refractivity contribution in [2.75, 3.05) is 13.1 Å². The van der Waals surface area contributed by atoms with Gasteiger partial charge in [-0.1, -0.05) is 76.9 Å². The molecule has 0 aliphatic carbocycles. The molecule has 0 fully saturated rings. The molecule has 0 bridgehead atoms. The van der Waals surface area contributed by atoms with Gasteiger partial charge in [-0.3, -0.25) is 10.1 Å². The Labute approximate surface area is 155 Å². The summed E-state index contributed by atoms with van der Waals surface area (Å²) in [5.74, 6) is 0.577. The minimum absolute atomic E-state index is 0.249. The van der Waals surface area contributed by atoms with Crippen LogP contribution in [0.3, 0.4) is 0 Å². The monoisotopic (exact) mass is 394 g/mol. The summed E-state index contributed by atoms with van der Waals surface area (Å²) in [5, 5.41) is 11.7. The van der Waals surface area contributed by atoms with Gasteiger partial charge in [-0.05, 0) is 19.4 Å². The smallest absolute Gasteiger partial charge is 0.319 e. The second-order valence-corrected chi connectivity index (χ2v) is 6.72. The second-order valence-electron chi connectivity index (χ2n) is 4.43. The number of thioether (sulfide) groups is 1. The first-order chi connectivity index (χ1) is 10.9. The largest absolute Gasteiger partial charge is 0.361 e. The minimum atomic E-state index is -0.543. The third kappa shape index (κ3) is 5.92. The van der Waals surface area contributed by atoms with Gasteiger partial charge < -0.3 is 4.90 Å². The molecule has 0 radical (unpaired) electrons. The summed E-state index contributed by atoms with van der Waals surface area (Å²) in [6.45, 7) is 5.05. The normalized spacial score (nSPS) is 11.7. The van der Waals surface area contributed by atoms with Crippen LogP contribution in [0.15, 0.2) is 50.6 Å². The molecule has 0 spiro atoms. The molecule has 0 atom stereocenters. The molecule has 8 heteroatoms. The van der Waals surface area contributed by atoms with Crippen molar-refractivity contribution in [3.05, 3.63) is 66.3 Å². The molecule has 0 saturated heterocycles. The van der Waals surface area contributed by atoms with Gasteiger partial charge in [0.1, 0.15) is 4.49 Å². The first-order valence-electron chi connectivity index (χ1n) is 6.93. The molecule has 126 valence electrons. The predicted octanol–water partition coefficient (Wildman–Crippen LogP) is 5.59. The molecule has 0 aliphatic heterocycles. The number of benzene rings is 1. The summed E-state index contributed by atoms with van der Waals surface area (Å²) in [6.07, 6.45) is 0. The van der Waals surface area contributed by atoms with Crippen LogP contribution in [0.25, 0.3) is 0 Å². The molecule has 0 amide bonds. The lowest BCUT2D eigenvalue weighted by molar-refractivity contribution is -0.421. The highest BCUT2D eigenvalue weighted by Gasteiger charge is 2.28. The minimum Gasteiger partial charge on any atom is -0.361 e. The van der Waals surface area contributed by atoms with Crippen molar-refractivity contribution in [1.82, 2.24) is 4.90 Å². The van der Waals surface area contributed by atoms with Gasteiger partial charge in [0.2, 0.25) is 0 Å². The highest BCUT2D eigenvalue weighted by Crippen LogP contribution is 2.35. The molecule has 0 N–H and O–H groups in total. The quantitative estimate of drug-likeness (QED) is 0.327. The van der Waals surface area contributed by atoms with Crippen LogP contribution in [0.4, 0.5) is 0 Å². The SMILES string of the molecule is CCN(CC)/C(SCc1ccccc1)=C(\C(Cl)=C(Cl)Cl)[N+](=O)[O-]. The van der Waals surface area contributed by atoms with Crippen LogP contribution in [0, 0.1) is 10.1 Å². The Morgan fingerprint density at radius 1 is 1.17 bits per heavy atom. The summed E-state index contributed by atoms with van der Waals surface area (Å²) < 4.78 is -0.316. The summed E-state index contributed by atoms with van der Waals surface area (Å²) in [7, 11) is 0. The average Bonchev–Trinajstić information content (AvgIpc) is 2.53. The Morgan fingerprint density at radius 3 is 2.17 bits per heavy atom. The Hall–Kier alpha value is -0.880. The Morgan fingerprint density at radius 2 is 1.74 bits per heavy atom. The number of nitrogens with zero attached hydrogens (tertiary/aromatic N) is 2. The van der Waals surface area contributed by atoms with Crippen molar-refractivity contribution in [2.24, 2.45) is 0 Å². The summed E-state index contributed by atoms with van der Waals surface area (Å²) in [6, 6.07) is 9.70. The van der Waals surface area contributed by atoms with Crippen molar-refractivity contribution >= 4 is 46.6 Å². The third-order valence-corrected chi connectivity index (χ3v) is 5.17. The van der Waals surface area contributed by atoms with Gasteiger partial charge >= 0.3 is 5.70 Å². The lowest BCUT2D eigenvalue weighted by atomic mass is 10.2. The molecule has 0 aliphatic rings. The Bertz CT molecular complexity index is 598. The van der Waals surface area contributed by atoms with Gasteiger partial charge in [-0.25, -0.2) is 0 Å². The molecule has 0 heterocycles. The van der Waals surface area contributed by atoms with Crippen LogP contribution in [0.1, 0.15) is 19.4 Å². The van der Waals surface area contributed by atoms with E-state index in [9.17, 15) is 10.1 Å². The van der Waals surface area contributed by atoms with E-state index in [1.54, 1.807) is 0 Å². The number of hydrogen-bond acceptors (Lipinski definition) is 4.